The van der Waals surface area contributed by atoms with Crippen LogP contribution in [0.5, 0.6) is 0 Å². The molecule has 1 fully saturated rings. The molecule has 2 rings (SSSR count). The lowest BCUT2D eigenvalue weighted by molar-refractivity contribution is -0.121. The largest absolute Gasteiger partial charge is 0.311 e. The highest BCUT2D eigenvalue weighted by Crippen LogP contribution is 2.21. The van der Waals surface area contributed by atoms with E-state index in [0.29, 0.717) is 0 Å². The summed E-state index contributed by atoms with van der Waals surface area (Å²) in [7, 11) is 0. The van der Waals surface area contributed by atoms with Crippen LogP contribution in [0.15, 0.2) is 24.3 Å². The summed E-state index contributed by atoms with van der Waals surface area (Å²) < 4.78 is 0. The van der Waals surface area contributed by atoms with Crippen molar-refractivity contribution >= 4 is 11.6 Å². The molecule has 1 aromatic carbocycles. The van der Waals surface area contributed by atoms with Gasteiger partial charge in [0.25, 0.3) is 0 Å². The number of nitrogens with one attached hydrogen (secondary N) is 1. The number of rotatable bonds is 5. The van der Waals surface area contributed by atoms with Crippen LogP contribution in [0, 0.1) is 0 Å². The van der Waals surface area contributed by atoms with E-state index < -0.39 is 0 Å². The molecule has 104 valence electrons. The maximum atomic E-state index is 12.4. The van der Waals surface area contributed by atoms with Gasteiger partial charge in [0.1, 0.15) is 0 Å². The first kappa shape index (κ1) is 14.1. The number of carbonyl (C=O) groups excluding carboxylic acids is 1. The van der Waals surface area contributed by atoms with E-state index in [0.717, 1.165) is 44.5 Å². The van der Waals surface area contributed by atoms with Crippen molar-refractivity contribution in [3.63, 3.8) is 0 Å². The zero-order chi connectivity index (χ0) is 13.7. The van der Waals surface area contributed by atoms with Gasteiger partial charge in [0.2, 0.25) is 5.91 Å². The van der Waals surface area contributed by atoms with E-state index >= 15 is 0 Å². The van der Waals surface area contributed by atoms with E-state index in [2.05, 4.69) is 43.4 Å². The molecule has 1 aromatic rings. The van der Waals surface area contributed by atoms with Crippen molar-refractivity contribution in [1.82, 2.24) is 5.32 Å². The van der Waals surface area contributed by atoms with E-state index in [1.807, 2.05) is 4.90 Å². The lowest BCUT2D eigenvalue weighted by atomic mass is 10.0. The first-order valence-electron chi connectivity index (χ1n) is 7.40. The molecular formula is C16H24N2O. The number of anilines is 1. The summed E-state index contributed by atoms with van der Waals surface area (Å²) in [6.45, 7) is 6.03. The van der Waals surface area contributed by atoms with Gasteiger partial charge in [0, 0.05) is 12.2 Å². The van der Waals surface area contributed by atoms with Crippen molar-refractivity contribution in [3.05, 3.63) is 29.8 Å². The highest BCUT2D eigenvalue weighted by molar-refractivity contribution is 5.97. The Morgan fingerprint density at radius 3 is 2.63 bits per heavy atom. The third-order valence-corrected chi connectivity index (χ3v) is 3.74. The molecule has 1 amide bonds. The second-order valence-electron chi connectivity index (χ2n) is 5.16. The standard InChI is InChI=1S/C16H24N2O/c1-3-11-17-15-6-5-12-18(16(15)19)14-9-7-13(4-2)8-10-14/h7-10,15,17H,3-6,11-12H2,1-2H3. The highest BCUT2D eigenvalue weighted by atomic mass is 16.2. The van der Waals surface area contributed by atoms with Crippen molar-refractivity contribution in [1.29, 1.82) is 0 Å². The Hall–Kier alpha value is -1.35. The van der Waals surface area contributed by atoms with Gasteiger partial charge in [0.15, 0.2) is 0 Å². The lowest BCUT2D eigenvalue weighted by Gasteiger charge is -2.33. The maximum Gasteiger partial charge on any atom is 0.244 e. The lowest BCUT2D eigenvalue weighted by Crippen LogP contribution is -2.51. The SMILES string of the molecule is CCCNC1CCCN(c2ccc(CC)cc2)C1=O. The molecule has 0 spiro atoms. The van der Waals surface area contributed by atoms with Crippen LogP contribution < -0.4 is 10.2 Å². The average Bonchev–Trinajstić information content (AvgIpc) is 2.46. The van der Waals surface area contributed by atoms with Gasteiger partial charge < -0.3 is 10.2 Å². The molecule has 0 saturated carbocycles. The van der Waals surface area contributed by atoms with Gasteiger partial charge in [-0.2, -0.15) is 0 Å². The molecule has 1 heterocycles. The molecule has 0 radical (unpaired) electrons. The van der Waals surface area contributed by atoms with Gasteiger partial charge in [-0.25, -0.2) is 0 Å². The Labute approximate surface area is 116 Å². The van der Waals surface area contributed by atoms with Gasteiger partial charge in [-0.1, -0.05) is 26.0 Å². The van der Waals surface area contributed by atoms with Crippen LogP contribution in [0.4, 0.5) is 5.69 Å². The molecule has 0 aliphatic carbocycles. The van der Waals surface area contributed by atoms with Gasteiger partial charge in [0.05, 0.1) is 6.04 Å². The monoisotopic (exact) mass is 260 g/mol. The fraction of sp³-hybridized carbons (Fsp3) is 0.562. The van der Waals surface area contributed by atoms with Crippen molar-refractivity contribution in [2.75, 3.05) is 18.0 Å². The van der Waals surface area contributed by atoms with Crippen LogP contribution in [-0.2, 0) is 11.2 Å². The minimum Gasteiger partial charge on any atom is -0.311 e. The quantitative estimate of drug-likeness (QED) is 0.883. The third kappa shape index (κ3) is 3.35. The summed E-state index contributed by atoms with van der Waals surface area (Å²) in [6.07, 6.45) is 4.13. The molecule has 19 heavy (non-hydrogen) atoms. The summed E-state index contributed by atoms with van der Waals surface area (Å²) in [5, 5.41) is 3.35. The first-order valence-corrected chi connectivity index (χ1v) is 7.40. The van der Waals surface area contributed by atoms with Crippen LogP contribution >= 0.6 is 0 Å². The Bertz CT molecular complexity index is 413. The number of carbonyl (C=O) groups is 1. The van der Waals surface area contributed by atoms with Crippen LogP contribution in [0.3, 0.4) is 0 Å². The van der Waals surface area contributed by atoms with Crippen LogP contribution in [0.2, 0.25) is 0 Å². The fourth-order valence-corrected chi connectivity index (χ4v) is 2.55. The van der Waals surface area contributed by atoms with E-state index in [1.165, 1.54) is 5.56 Å². The second-order valence-corrected chi connectivity index (χ2v) is 5.16. The van der Waals surface area contributed by atoms with Crippen molar-refractivity contribution in [2.45, 2.75) is 45.6 Å². The summed E-state index contributed by atoms with van der Waals surface area (Å²) in [5.74, 6) is 0.226. The topological polar surface area (TPSA) is 32.3 Å². The number of hydrogen-bond donors (Lipinski definition) is 1. The minimum atomic E-state index is -0.000415. The van der Waals surface area contributed by atoms with Gasteiger partial charge >= 0.3 is 0 Å². The molecule has 1 unspecified atom stereocenters. The number of aryl methyl sites for hydroxylation is 1. The first-order chi connectivity index (χ1) is 9.26. The van der Waals surface area contributed by atoms with Crippen molar-refractivity contribution < 1.29 is 4.79 Å². The molecule has 0 aromatic heterocycles. The van der Waals surface area contributed by atoms with Crippen molar-refractivity contribution in [3.8, 4) is 0 Å². The predicted molar refractivity (Wildman–Crippen MR) is 79.5 cm³/mol. The smallest absolute Gasteiger partial charge is 0.244 e. The summed E-state index contributed by atoms with van der Waals surface area (Å²) in [6, 6.07) is 8.37. The van der Waals surface area contributed by atoms with E-state index in [1.54, 1.807) is 0 Å². The molecule has 1 aliphatic heterocycles. The molecule has 1 N–H and O–H groups in total. The Morgan fingerprint density at radius 1 is 1.26 bits per heavy atom. The molecule has 1 aliphatic rings. The highest BCUT2D eigenvalue weighted by Gasteiger charge is 2.28. The predicted octanol–water partition coefficient (Wildman–Crippen LogP) is 2.74. The van der Waals surface area contributed by atoms with E-state index in [-0.39, 0.29) is 11.9 Å². The van der Waals surface area contributed by atoms with Crippen LogP contribution in [0.25, 0.3) is 0 Å². The number of benzene rings is 1. The Balaban J connectivity index is 2.07. The van der Waals surface area contributed by atoms with E-state index in [9.17, 15) is 4.79 Å². The zero-order valence-corrected chi connectivity index (χ0v) is 12.0. The summed E-state index contributed by atoms with van der Waals surface area (Å²) >= 11 is 0. The molecular weight excluding hydrogens is 236 g/mol. The fourth-order valence-electron chi connectivity index (χ4n) is 2.55. The van der Waals surface area contributed by atoms with Crippen LogP contribution in [-0.4, -0.2) is 25.0 Å². The average molecular weight is 260 g/mol. The Morgan fingerprint density at radius 2 is 2.00 bits per heavy atom. The molecule has 3 heteroatoms. The Kier molecular flexibility index (Phi) is 4.97. The number of hydrogen-bond acceptors (Lipinski definition) is 2. The van der Waals surface area contributed by atoms with E-state index in [4.69, 9.17) is 0 Å². The number of piperidine rings is 1. The second kappa shape index (κ2) is 6.71. The van der Waals surface area contributed by atoms with Gasteiger partial charge in [-0.15, -0.1) is 0 Å². The summed E-state index contributed by atoms with van der Waals surface area (Å²) in [4.78, 5) is 14.4. The van der Waals surface area contributed by atoms with Gasteiger partial charge in [-0.05, 0) is 49.9 Å². The maximum absolute atomic E-state index is 12.4. The molecule has 1 atom stereocenters. The van der Waals surface area contributed by atoms with Gasteiger partial charge in [-0.3, -0.25) is 4.79 Å². The number of amides is 1. The summed E-state index contributed by atoms with van der Waals surface area (Å²) in [5.41, 5.74) is 2.35. The zero-order valence-electron chi connectivity index (χ0n) is 12.0. The number of nitrogens with zero attached hydrogens (tertiary/aromatic N) is 1. The van der Waals surface area contributed by atoms with Crippen LogP contribution in [0.1, 0.15) is 38.7 Å². The molecule has 0 bridgehead atoms. The van der Waals surface area contributed by atoms with Crippen molar-refractivity contribution in [2.24, 2.45) is 0 Å². The minimum absolute atomic E-state index is 0.000415. The third-order valence-electron chi connectivity index (χ3n) is 3.74. The normalized spacial score (nSPS) is 19.8. The molecule has 3 nitrogen and oxygen atoms in total. The molecule has 1 saturated heterocycles.